The number of allylic oxidation sites excluding steroid dienone is 1. The molecule has 2 aromatic rings. The number of rotatable bonds is 4. The summed E-state index contributed by atoms with van der Waals surface area (Å²) in [6, 6.07) is 8.34. The maximum absolute atomic E-state index is 12.6. The van der Waals surface area contributed by atoms with Crippen LogP contribution in [0.4, 0.5) is 0 Å². The molecule has 0 saturated carbocycles. The molecule has 1 N–H and O–H groups in total. The van der Waals surface area contributed by atoms with Gasteiger partial charge in [0.15, 0.2) is 5.78 Å². The molecule has 0 atom stereocenters. The Morgan fingerprint density at radius 2 is 1.67 bits per heavy atom. The van der Waals surface area contributed by atoms with E-state index < -0.39 is 0 Å². The fourth-order valence-corrected chi connectivity index (χ4v) is 2.85. The van der Waals surface area contributed by atoms with Crippen molar-refractivity contribution in [2.45, 2.75) is 6.42 Å². The van der Waals surface area contributed by atoms with Crippen LogP contribution in [0.1, 0.15) is 21.5 Å². The fourth-order valence-electron chi connectivity index (χ4n) is 2.85. The maximum Gasteiger partial charge on any atom is 0.189 e. The van der Waals surface area contributed by atoms with Gasteiger partial charge in [0, 0.05) is 29.7 Å². The lowest BCUT2D eigenvalue weighted by Crippen LogP contribution is -1.98. The molecular weight excluding hydrogens is 308 g/mol. The topological polar surface area (TPSA) is 65.0 Å². The van der Waals surface area contributed by atoms with Crippen LogP contribution in [0.25, 0.3) is 6.08 Å². The van der Waals surface area contributed by atoms with Crippen LogP contribution in [0.15, 0.2) is 35.9 Å². The summed E-state index contributed by atoms with van der Waals surface area (Å²) in [4.78, 5) is 12.6. The number of methoxy groups -OCH3 is 3. The highest BCUT2D eigenvalue weighted by Gasteiger charge is 2.26. The summed E-state index contributed by atoms with van der Waals surface area (Å²) in [5.74, 6) is 1.72. The fraction of sp³-hybridized carbons (Fsp3) is 0.211. The predicted octanol–water partition coefficient (Wildman–Crippen LogP) is 3.24. The highest BCUT2D eigenvalue weighted by molar-refractivity contribution is 6.16. The van der Waals surface area contributed by atoms with Crippen molar-refractivity contribution in [1.82, 2.24) is 0 Å². The van der Waals surface area contributed by atoms with E-state index in [1.54, 1.807) is 51.7 Å². The lowest BCUT2D eigenvalue weighted by atomic mass is 10.1. The summed E-state index contributed by atoms with van der Waals surface area (Å²) in [6.07, 6.45) is 2.28. The lowest BCUT2D eigenvalue weighted by molar-refractivity contribution is 0.104. The molecule has 5 nitrogen and oxygen atoms in total. The number of fused-ring (bicyclic) bond motifs is 1. The van der Waals surface area contributed by atoms with Crippen LogP contribution in [0, 0.1) is 0 Å². The highest BCUT2D eigenvalue weighted by Crippen LogP contribution is 2.38. The Morgan fingerprint density at radius 3 is 2.25 bits per heavy atom. The molecule has 5 heteroatoms. The van der Waals surface area contributed by atoms with Crippen LogP contribution in [-0.4, -0.2) is 32.2 Å². The number of aromatic hydroxyl groups is 1. The molecule has 0 fully saturated rings. The van der Waals surface area contributed by atoms with Gasteiger partial charge in [-0.1, -0.05) is 6.07 Å². The molecule has 24 heavy (non-hydrogen) atoms. The summed E-state index contributed by atoms with van der Waals surface area (Å²) in [5.41, 5.74) is 2.74. The van der Waals surface area contributed by atoms with E-state index in [0.29, 0.717) is 40.4 Å². The summed E-state index contributed by atoms with van der Waals surface area (Å²) in [6.45, 7) is 0. The number of phenols is 1. The molecule has 3 rings (SSSR count). The van der Waals surface area contributed by atoms with Crippen molar-refractivity contribution in [3.63, 3.8) is 0 Å². The number of carbonyl (C=O) groups is 1. The zero-order chi connectivity index (χ0) is 17.3. The third-order valence-corrected chi connectivity index (χ3v) is 4.08. The van der Waals surface area contributed by atoms with E-state index in [0.717, 1.165) is 5.56 Å². The Kier molecular flexibility index (Phi) is 4.16. The van der Waals surface area contributed by atoms with Gasteiger partial charge in [-0.3, -0.25) is 4.79 Å². The van der Waals surface area contributed by atoms with E-state index in [2.05, 4.69) is 0 Å². The summed E-state index contributed by atoms with van der Waals surface area (Å²) in [7, 11) is 4.68. The van der Waals surface area contributed by atoms with E-state index in [9.17, 15) is 9.90 Å². The molecule has 1 aliphatic rings. The van der Waals surface area contributed by atoms with Crippen molar-refractivity contribution in [3.8, 4) is 23.0 Å². The Labute approximate surface area is 140 Å². The number of hydrogen-bond acceptors (Lipinski definition) is 5. The van der Waals surface area contributed by atoms with Crippen LogP contribution in [0.5, 0.6) is 23.0 Å². The molecule has 0 bridgehead atoms. The second-order valence-corrected chi connectivity index (χ2v) is 5.46. The number of phenolic OH excluding ortho intramolecular Hbond substituents is 1. The van der Waals surface area contributed by atoms with E-state index in [4.69, 9.17) is 14.2 Å². The first-order valence-electron chi connectivity index (χ1n) is 7.44. The van der Waals surface area contributed by atoms with Crippen LogP contribution < -0.4 is 14.2 Å². The standard InChI is InChI=1S/C19H18O5/c1-22-14-9-17(23-2)16(18(10-14)24-3)7-12-6-11-4-5-13(20)8-15(11)19(12)21/h4-5,7-10,20H,6H2,1-3H3. The normalized spacial score (nSPS) is 14.6. The molecule has 0 saturated heterocycles. The van der Waals surface area contributed by atoms with Gasteiger partial charge in [-0.2, -0.15) is 0 Å². The quantitative estimate of drug-likeness (QED) is 0.874. The molecule has 0 radical (unpaired) electrons. The second kappa shape index (κ2) is 6.28. The van der Waals surface area contributed by atoms with E-state index in [-0.39, 0.29) is 11.5 Å². The number of Topliss-reactive ketones (excluding diaryl/α,β-unsaturated/α-hetero) is 1. The van der Waals surface area contributed by atoms with Gasteiger partial charge < -0.3 is 19.3 Å². The van der Waals surface area contributed by atoms with Gasteiger partial charge >= 0.3 is 0 Å². The molecule has 0 amide bonds. The minimum Gasteiger partial charge on any atom is -0.508 e. The molecule has 0 heterocycles. The summed E-state index contributed by atoms with van der Waals surface area (Å²) in [5, 5.41) is 9.59. The maximum atomic E-state index is 12.6. The van der Waals surface area contributed by atoms with E-state index in [1.807, 2.05) is 0 Å². The SMILES string of the molecule is COc1cc(OC)c(C=C2Cc3ccc(O)cc3C2=O)c(OC)c1. The van der Waals surface area contributed by atoms with Gasteiger partial charge in [-0.05, 0) is 23.8 Å². The van der Waals surface area contributed by atoms with Crippen LogP contribution >= 0.6 is 0 Å². The van der Waals surface area contributed by atoms with Gasteiger partial charge in [0.05, 0.1) is 26.9 Å². The van der Waals surface area contributed by atoms with Crippen LogP contribution in [-0.2, 0) is 6.42 Å². The minimum atomic E-state index is -0.0965. The average Bonchev–Trinajstić information content (AvgIpc) is 2.90. The largest absolute Gasteiger partial charge is 0.508 e. The highest BCUT2D eigenvalue weighted by atomic mass is 16.5. The van der Waals surface area contributed by atoms with Crippen molar-refractivity contribution in [1.29, 1.82) is 0 Å². The summed E-state index contributed by atoms with van der Waals surface area (Å²) >= 11 is 0. The van der Waals surface area contributed by atoms with Crippen molar-refractivity contribution < 1.29 is 24.1 Å². The molecular formula is C19H18O5. The van der Waals surface area contributed by atoms with Crippen LogP contribution in [0.2, 0.25) is 0 Å². The Bertz CT molecular complexity index is 811. The van der Waals surface area contributed by atoms with Crippen molar-refractivity contribution in [2.75, 3.05) is 21.3 Å². The molecule has 2 aromatic carbocycles. The van der Waals surface area contributed by atoms with Crippen molar-refractivity contribution >= 4 is 11.9 Å². The van der Waals surface area contributed by atoms with E-state index >= 15 is 0 Å². The first kappa shape index (κ1) is 15.9. The number of ether oxygens (including phenoxy) is 3. The van der Waals surface area contributed by atoms with Gasteiger partial charge in [-0.25, -0.2) is 0 Å². The minimum absolute atomic E-state index is 0.0861. The molecule has 124 valence electrons. The number of hydrogen-bond donors (Lipinski definition) is 1. The van der Waals surface area contributed by atoms with Gasteiger partial charge in [0.2, 0.25) is 0 Å². The van der Waals surface area contributed by atoms with Crippen molar-refractivity contribution in [3.05, 3.63) is 52.6 Å². The molecule has 0 spiro atoms. The predicted molar refractivity (Wildman–Crippen MR) is 90.2 cm³/mol. The summed E-state index contributed by atoms with van der Waals surface area (Å²) < 4.78 is 16.1. The average molecular weight is 326 g/mol. The lowest BCUT2D eigenvalue weighted by Gasteiger charge is -2.13. The third kappa shape index (κ3) is 2.69. The van der Waals surface area contributed by atoms with Crippen molar-refractivity contribution in [2.24, 2.45) is 0 Å². The monoisotopic (exact) mass is 326 g/mol. The van der Waals surface area contributed by atoms with E-state index in [1.165, 1.54) is 6.07 Å². The second-order valence-electron chi connectivity index (χ2n) is 5.46. The Balaban J connectivity index is 2.08. The number of benzene rings is 2. The van der Waals surface area contributed by atoms with Gasteiger partial charge in [-0.15, -0.1) is 0 Å². The zero-order valence-electron chi connectivity index (χ0n) is 13.8. The third-order valence-electron chi connectivity index (χ3n) is 4.08. The smallest absolute Gasteiger partial charge is 0.189 e. The van der Waals surface area contributed by atoms with Crippen LogP contribution in [0.3, 0.4) is 0 Å². The van der Waals surface area contributed by atoms with Gasteiger partial charge in [0.1, 0.15) is 23.0 Å². The number of ketones is 1. The first-order chi connectivity index (χ1) is 11.6. The molecule has 0 unspecified atom stereocenters. The number of carbonyl (C=O) groups excluding carboxylic acids is 1. The Hall–Kier alpha value is -2.95. The molecule has 0 aliphatic heterocycles. The zero-order valence-corrected chi connectivity index (χ0v) is 13.8. The molecule has 0 aromatic heterocycles. The Morgan fingerprint density at radius 1 is 1.00 bits per heavy atom. The van der Waals surface area contributed by atoms with Gasteiger partial charge in [0.25, 0.3) is 0 Å². The first-order valence-corrected chi connectivity index (χ1v) is 7.44. The molecule has 1 aliphatic carbocycles.